The summed E-state index contributed by atoms with van der Waals surface area (Å²) >= 11 is 0. The first kappa shape index (κ1) is 23.0. The van der Waals surface area contributed by atoms with Gasteiger partial charge in [0, 0.05) is 25.3 Å². The summed E-state index contributed by atoms with van der Waals surface area (Å²) in [6, 6.07) is 3.29. The Morgan fingerprint density at radius 1 is 0.926 bits per heavy atom. The van der Waals surface area contributed by atoms with Crippen LogP contribution in [0.15, 0.2) is 12.1 Å². The Balaban J connectivity index is 2.44. The molecule has 0 radical (unpaired) electrons. The lowest BCUT2D eigenvalue weighted by atomic mass is 10.1. The number of hydrogen-bond donors (Lipinski definition) is 1. The van der Waals surface area contributed by atoms with Crippen LogP contribution < -0.4 is 19.5 Å². The molecule has 0 fully saturated rings. The lowest BCUT2D eigenvalue weighted by Gasteiger charge is -2.16. The quantitative estimate of drug-likeness (QED) is 0.392. The largest absolute Gasteiger partial charge is 0.493 e. The topological polar surface area (TPSA) is 75.3 Å². The number of nitrogens with one attached hydrogen (secondary N) is 1. The maximum atomic E-state index is 12.4. The molecule has 1 rings (SSSR count). The highest BCUT2D eigenvalue weighted by Crippen LogP contribution is 2.38. The van der Waals surface area contributed by atoms with Crippen LogP contribution in [0.5, 0.6) is 17.2 Å². The first-order chi connectivity index (χ1) is 13.1. The Morgan fingerprint density at radius 2 is 1.52 bits per heavy atom. The molecule has 1 aromatic carbocycles. The highest BCUT2D eigenvalue weighted by atomic mass is 16.7. The van der Waals surface area contributed by atoms with Crippen molar-refractivity contribution < 1.29 is 28.5 Å². The minimum atomic E-state index is -0.171. The summed E-state index contributed by atoms with van der Waals surface area (Å²) in [6.07, 6.45) is 3.61. The summed E-state index contributed by atoms with van der Waals surface area (Å²) in [5.41, 5.74) is 0.470. The van der Waals surface area contributed by atoms with Crippen LogP contribution in [0.1, 0.15) is 49.9 Å². The molecule has 1 aromatic rings. The highest BCUT2D eigenvalue weighted by Gasteiger charge is 2.16. The summed E-state index contributed by atoms with van der Waals surface area (Å²) in [6.45, 7) is 5.82. The van der Waals surface area contributed by atoms with E-state index < -0.39 is 0 Å². The van der Waals surface area contributed by atoms with Crippen molar-refractivity contribution in [2.24, 2.45) is 0 Å². The van der Waals surface area contributed by atoms with Gasteiger partial charge in [-0.25, -0.2) is 0 Å². The smallest absolute Gasteiger partial charge is 0.251 e. The minimum absolute atomic E-state index is 0.131. The number of carbonyl (C=O) groups is 1. The molecule has 1 amide bonds. The van der Waals surface area contributed by atoms with Gasteiger partial charge in [0.05, 0.1) is 21.3 Å². The third kappa shape index (κ3) is 7.64. The molecule has 0 bridgehead atoms. The van der Waals surface area contributed by atoms with Gasteiger partial charge in [0.15, 0.2) is 17.8 Å². The fourth-order valence-electron chi connectivity index (χ4n) is 2.72. The second-order valence-corrected chi connectivity index (χ2v) is 5.86. The van der Waals surface area contributed by atoms with Gasteiger partial charge in [0.2, 0.25) is 5.75 Å². The predicted octanol–water partition coefficient (Wildman–Crippen LogP) is 3.40. The Morgan fingerprint density at radius 3 is 2.00 bits per heavy atom. The molecule has 154 valence electrons. The maximum Gasteiger partial charge on any atom is 0.251 e. The summed E-state index contributed by atoms with van der Waals surface area (Å²) in [7, 11) is 4.58. The fraction of sp³-hybridized carbons (Fsp3) is 0.650. The zero-order valence-electron chi connectivity index (χ0n) is 17.1. The summed E-state index contributed by atoms with van der Waals surface area (Å²) in [4.78, 5) is 12.4. The van der Waals surface area contributed by atoms with Gasteiger partial charge < -0.3 is 29.0 Å². The highest BCUT2D eigenvalue weighted by molar-refractivity contribution is 5.95. The molecule has 0 saturated carbocycles. The van der Waals surface area contributed by atoms with Crippen LogP contribution in [0.2, 0.25) is 0 Å². The van der Waals surface area contributed by atoms with Crippen LogP contribution in [0, 0.1) is 0 Å². The molecule has 0 unspecified atom stereocenters. The normalized spacial score (nSPS) is 10.7. The van der Waals surface area contributed by atoms with Gasteiger partial charge in [-0.3, -0.25) is 4.79 Å². The van der Waals surface area contributed by atoms with Gasteiger partial charge in [-0.1, -0.05) is 6.42 Å². The van der Waals surface area contributed by atoms with Crippen LogP contribution in [0.3, 0.4) is 0 Å². The zero-order chi connectivity index (χ0) is 20.1. The monoisotopic (exact) mass is 383 g/mol. The number of methoxy groups -OCH3 is 3. The van der Waals surface area contributed by atoms with Crippen LogP contribution in [-0.4, -0.2) is 53.3 Å². The number of benzene rings is 1. The van der Waals surface area contributed by atoms with Crippen molar-refractivity contribution in [2.45, 2.75) is 45.8 Å². The summed E-state index contributed by atoms with van der Waals surface area (Å²) in [5, 5.41) is 2.92. The number of rotatable bonds is 14. The van der Waals surface area contributed by atoms with Crippen molar-refractivity contribution in [1.82, 2.24) is 5.32 Å². The van der Waals surface area contributed by atoms with E-state index in [0.29, 0.717) is 42.6 Å². The minimum Gasteiger partial charge on any atom is -0.493 e. The predicted molar refractivity (Wildman–Crippen MR) is 104 cm³/mol. The molecule has 0 aromatic heterocycles. The Labute approximate surface area is 162 Å². The first-order valence-electron chi connectivity index (χ1n) is 9.42. The van der Waals surface area contributed by atoms with Gasteiger partial charge in [0.1, 0.15) is 0 Å². The summed E-state index contributed by atoms with van der Waals surface area (Å²) in [5.74, 6) is 1.21. The average Bonchev–Trinajstić information content (AvgIpc) is 2.69. The van der Waals surface area contributed by atoms with E-state index in [-0.39, 0.29) is 12.2 Å². The van der Waals surface area contributed by atoms with Gasteiger partial charge in [-0.2, -0.15) is 0 Å². The Kier molecular flexibility index (Phi) is 11.3. The number of amides is 1. The van der Waals surface area contributed by atoms with Crippen molar-refractivity contribution in [2.75, 3.05) is 41.1 Å². The molecular formula is C20H33NO6. The van der Waals surface area contributed by atoms with Crippen molar-refractivity contribution >= 4 is 5.91 Å². The maximum absolute atomic E-state index is 12.4. The third-order valence-corrected chi connectivity index (χ3v) is 4.03. The molecule has 0 aliphatic carbocycles. The van der Waals surface area contributed by atoms with Crippen molar-refractivity contribution in [3.8, 4) is 17.2 Å². The fourth-order valence-corrected chi connectivity index (χ4v) is 2.72. The number of unbranched alkanes of at least 4 members (excludes halogenated alkanes) is 2. The number of ether oxygens (including phenoxy) is 5. The number of hydrogen-bond acceptors (Lipinski definition) is 6. The van der Waals surface area contributed by atoms with Crippen molar-refractivity contribution in [3.05, 3.63) is 17.7 Å². The van der Waals surface area contributed by atoms with E-state index in [9.17, 15) is 4.79 Å². The lowest BCUT2D eigenvalue weighted by Crippen LogP contribution is -2.24. The van der Waals surface area contributed by atoms with E-state index in [4.69, 9.17) is 23.7 Å². The van der Waals surface area contributed by atoms with E-state index >= 15 is 0 Å². The molecule has 0 spiro atoms. The SMILES string of the molecule is CCOC(CCCCCNC(=O)c1cc(OC)c(OC)c(OC)c1)OCC. The Bertz CT molecular complexity index is 532. The lowest BCUT2D eigenvalue weighted by molar-refractivity contribution is -0.140. The first-order valence-corrected chi connectivity index (χ1v) is 9.42. The number of carbonyl (C=O) groups excluding carboxylic acids is 1. The standard InChI is InChI=1S/C20H33NO6/c1-6-26-18(27-7-2)11-9-8-10-12-21-20(22)15-13-16(23-3)19(25-5)17(14-15)24-4/h13-14,18H,6-12H2,1-5H3,(H,21,22). The molecule has 0 saturated heterocycles. The van der Waals surface area contributed by atoms with Crippen LogP contribution in [0.25, 0.3) is 0 Å². The Hall–Kier alpha value is -1.99. The second kappa shape index (κ2) is 13.2. The van der Waals surface area contributed by atoms with Crippen LogP contribution >= 0.6 is 0 Å². The van der Waals surface area contributed by atoms with Gasteiger partial charge in [0.25, 0.3) is 5.91 Å². The van der Waals surface area contributed by atoms with E-state index in [1.54, 1.807) is 12.1 Å². The molecule has 1 N–H and O–H groups in total. The molecule has 0 atom stereocenters. The van der Waals surface area contributed by atoms with Crippen molar-refractivity contribution in [1.29, 1.82) is 0 Å². The molecule has 0 aliphatic heterocycles. The van der Waals surface area contributed by atoms with E-state index in [2.05, 4.69) is 5.32 Å². The van der Waals surface area contributed by atoms with Crippen LogP contribution in [-0.2, 0) is 9.47 Å². The molecule has 27 heavy (non-hydrogen) atoms. The van der Waals surface area contributed by atoms with Gasteiger partial charge in [-0.15, -0.1) is 0 Å². The van der Waals surface area contributed by atoms with Gasteiger partial charge in [-0.05, 0) is 45.2 Å². The van der Waals surface area contributed by atoms with Gasteiger partial charge >= 0.3 is 0 Å². The summed E-state index contributed by atoms with van der Waals surface area (Å²) < 4.78 is 26.9. The molecule has 0 heterocycles. The van der Waals surface area contributed by atoms with Crippen molar-refractivity contribution in [3.63, 3.8) is 0 Å². The molecule has 0 aliphatic rings. The van der Waals surface area contributed by atoms with E-state index in [0.717, 1.165) is 25.7 Å². The van der Waals surface area contributed by atoms with E-state index in [1.165, 1.54) is 21.3 Å². The zero-order valence-corrected chi connectivity index (χ0v) is 17.1. The average molecular weight is 383 g/mol. The molecular weight excluding hydrogens is 350 g/mol. The van der Waals surface area contributed by atoms with Crippen LogP contribution in [0.4, 0.5) is 0 Å². The molecule has 7 nitrogen and oxygen atoms in total. The third-order valence-electron chi connectivity index (χ3n) is 4.03. The molecule has 7 heteroatoms. The van der Waals surface area contributed by atoms with E-state index in [1.807, 2.05) is 13.8 Å². The second-order valence-electron chi connectivity index (χ2n) is 5.86.